The third kappa shape index (κ3) is 1.93. The molecule has 2 N–H and O–H groups in total. The van der Waals surface area contributed by atoms with E-state index in [4.69, 9.17) is 4.74 Å². The van der Waals surface area contributed by atoms with Gasteiger partial charge in [0, 0.05) is 12.7 Å². The Morgan fingerprint density at radius 3 is 3.21 bits per heavy atom. The normalized spacial score (nSPS) is 26.4. The van der Waals surface area contributed by atoms with E-state index < -0.39 is 0 Å². The van der Waals surface area contributed by atoms with Crippen molar-refractivity contribution in [1.82, 2.24) is 9.97 Å². The Bertz CT molecular complexity index is 363. The topological polar surface area (TPSA) is 67.0 Å². The largest absolute Gasteiger partial charge is 0.376 e. The van der Waals surface area contributed by atoms with E-state index in [9.17, 15) is 4.79 Å². The maximum absolute atomic E-state index is 11.0. The summed E-state index contributed by atoms with van der Waals surface area (Å²) in [6.45, 7) is 2.78. The number of anilines is 1. The van der Waals surface area contributed by atoms with Crippen molar-refractivity contribution < 1.29 is 4.74 Å². The second-order valence-corrected chi connectivity index (χ2v) is 3.41. The van der Waals surface area contributed by atoms with Gasteiger partial charge in [0.25, 0.3) is 5.56 Å². The predicted molar refractivity (Wildman–Crippen MR) is 52.3 cm³/mol. The Balaban J connectivity index is 2.07. The van der Waals surface area contributed by atoms with Crippen LogP contribution in [0, 0.1) is 0 Å². The van der Waals surface area contributed by atoms with Crippen molar-refractivity contribution in [2.45, 2.75) is 25.5 Å². The minimum absolute atomic E-state index is 0.144. The van der Waals surface area contributed by atoms with Gasteiger partial charge in [-0.15, -0.1) is 0 Å². The molecule has 76 valence electrons. The lowest BCUT2D eigenvalue weighted by atomic mass is 10.1. The lowest BCUT2D eigenvalue weighted by Gasteiger charge is -2.15. The van der Waals surface area contributed by atoms with Crippen molar-refractivity contribution in [1.29, 1.82) is 0 Å². The molecule has 2 atom stereocenters. The van der Waals surface area contributed by atoms with E-state index in [1.807, 2.05) is 6.92 Å². The first-order chi connectivity index (χ1) is 6.75. The monoisotopic (exact) mass is 195 g/mol. The summed E-state index contributed by atoms with van der Waals surface area (Å²) in [4.78, 5) is 17.5. The molecular weight excluding hydrogens is 182 g/mol. The zero-order valence-electron chi connectivity index (χ0n) is 7.99. The van der Waals surface area contributed by atoms with Crippen molar-refractivity contribution in [3.8, 4) is 0 Å². The van der Waals surface area contributed by atoms with Crippen LogP contribution in [0.15, 0.2) is 17.2 Å². The summed E-state index contributed by atoms with van der Waals surface area (Å²) in [6.07, 6.45) is 2.52. The van der Waals surface area contributed by atoms with Gasteiger partial charge in [-0.3, -0.25) is 4.79 Å². The van der Waals surface area contributed by atoms with Gasteiger partial charge in [-0.25, -0.2) is 4.98 Å². The number of aromatic amines is 1. The highest BCUT2D eigenvalue weighted by atomic mass is 16.5. The zero-order valence-corrected chi connectivity index (χ0v) is 7.99. The van der Waals surface area contributed by atoms with Crippen molar-refractivity contribution in [3.63, 3.8) is 0 Å². The van der Waals surface area contributed by atoms with Gasteiger partial charge in [-0.1, -0.05) is 0 Å². The van der Waals surface area contributed by atoms with Gasteiger partial charge in [-0.05, 0) is 13.3 Å². The highest BCUT2D eigenvalue weighted by Crippen LogP contribution is 2.16. The molecule has 1 aliphatic rings. The van der Waals surface area contributed by atoms with Gasteiger partial charge in [0.15, 0.2) is 0 Å². The maximum atomic E-state index is 11.0. The Morgan fingerprint density at radius 2 is 2.57 bits per heavy atom. The third-order valence-corrected chi connectivity index (χ3v) is 2.39. The van der Waals surface area contributed by atoms with Gasteiger partial charge < -0.3 is 15.0 Å². The van der Waals surface area contributed by atoms with E-state index >= 15 is 0 Å². The molecule has 0 bridgehead atoms. The zero-order chi connectivity index (χ0) is 9.97. The minimum Gasteiger partial charge on any atom is -0.376 e. The Kier molecular flexibility index (Phi) is 2.49. The molecule has 1 fully saturated rings. The van der Waals surface area contributed by atoms with Crippen LogP contribution < -0.4 is 10.9 Å². The molecule has 0 aliphatic carbocycles. The molecule has 0 spiro atoms. The van der Waals surface area contributed by atoms with E-state index in [0.717, 1.165) is 13.0 Å². The van der Waals surface area contributed by atoms with Crippen molar-refractivity contribution in [2.75, 3.05) is 11.9 Å². The third-order valence-electron chi connectivity index (χ3n) is 2.39. The van der Waals surface area contributed by atoms with Crippen LogP contribution in [0.2, 0.25) is 0 Å². The summed E-state index contributed by atoms with van der Waals surface area (Å²) in [5.41, 5.74) is -0.144. The fourth-order valence-corrected chi connectivity index (χ4v) is 1.56. The van der Waals surface area contributed by atoms with Crippen LogP contribution >= 0.6 is 0 Å². The number of ether oxygens (including phenoxy) is 1. The molecule has 1 saturated heterocycles. The lowest BCUT2D eigenvalue weighted by Crippen LogP contribution is -2.27. The average molecular weight is 195 g/mol. The summed E-state index contributed by atoms with van der Waals surface area (Å²) in [6, 6.07) is 1.70. The molecule has 1 aromatic heterocycles. The van der Waals surface area contributed by atoms with Crippen LogP contribution in [0.5, 0.6) is 0 Å². The lowest BCUT2D eigenvalue weighted by molar-refractivity contribution is 0.121. The molecule has 1 aromatic rings. The van der Waals surface area contributed by atoms with Crippen molar-refractivity contribution in [2.24, 2.45) is 0 Å². The Labute approximate surface area is 81.5 Å². The Hall–Kier alpha value is -1.36. The standard InChI is InChI=1S/C9H13N3O2/c1-6-7(2-3-14-6)12-8-4-9(13)11-5-10-8/h4-7H,2-3H2,1H3,(H2,10,11,12,13). The second-order valence-electron chi connectivity index (χ2n) is 3.41. The van der Waals surface area contributed by atoms with Crippen molar-refractivity contribution in [3.05, 3.63) is 22.7 Å². The number of aromatic nitrogens is 2. The van der Waals surface area contributed by atoms with E-state index in [-0.39, 0.29) is 17.7 Å². The number of nitrogens with one attached hydrogen (secondary N) is 2. The molecule has 0 aromatic carbocycles. The SMILES string of the molecule is CC1OCCC1Nc1cc(=O)[nH]cn1. The first-order valence-corrected chi connectivity index (χ1v) is 4.68. The number of rotatable bonds is 2. The van der Waals surface area contributed by atoms with E-state index in [1.165, 1.54) is 12.4 Å². The van der Waals surface area contributed by atoms with Crippen LogP contribution in [0.4, 0.5) is 5.82 Å². The smallest absolute Gasteiger partial charge is 0.252 e. The van der Waals surface area contributed by atoms with Crippen LogP contribution in [-0.4, -0.2) is 28.7 Å². The fourth-order valence-electron chi connectivity index (χ4n) is 1.56. The molecule has 5 nitrogen and oxygen atoms in total. The molecular formula is C9H13N3O2. The van der Waals surface area contributed by atoms with Crippen LogP contribution in [0.25, 0.3) is 0 Å². The molecule has 2 heterocycles. The van der Waals surface area contributed by atoms with Gasteiger partial charge >= 0.3 is 0 Å². The highest BCUT2D eigenvalue weighted by Gasteiger charge is 2.24. The van der Waals surface area contributed by atoms with Crippen LogP contribution in [-0.2, 0) is 4.74 Å². The molecule has 1 aliphatic heterocycles. The average Bonchev–Trinajstić information content (AvgIpc) is 2.52. The maximum Gasteiger partial charge on any atom is 0.252 e. The molecule has 0 radical (unpaired) electrons. The van der Waals surface area contributed by atoms with Gasteiger partial charge in [-0.2, -0.15) is 0 Å². The molecule has 0 amide bonds. The van der Waals surface area contributed by atoms with Gasteiger partial charge in [0.1, 0.15) is 5.82 Å². The molecule has 5 heteroatoms. The number of hydrogen-bond acceptors (Lipinski definition) is 4. The van der Waals surface area contributed by atoms with Crippen molar-refractivity contribution >= 4 is 5.82 Å². The first-order valence-electron chi connectivity index (χ1n) is 4.68. The predicted octanol–water partition coefficient (Wildman–Crippen LogP) is 0.359. The minimum atomic E-state index is -0.144. The van der Waals surface area contributed by atoms with E-state index in [2.05, 4.69) is 15.3 Å². The summed E-state index contributed by atoms with van der Waals surface area (Å²) in [7, 11) is 0. The van der Waals surface area contributed by atoms with Crippen LogP contribution in [0.1, 0.15) is 13.3 Å². The van der Waals surface area contributed by atoms with E-state index in [0.29, 0.717) is 5.82 Å². The van der Waals surface area contributed by atoms with Crippen LogP contribution in [0.3, 0.4) is 0 Å². The quantitative estimate of drug-likeness (QED) is 0.715. The number of nitrogens with zero attached hydrogens (tertiary/aromatic N) is 1. The summed E-state index contributed by atoms with van der Waals surface area (Å²) in [5.74, 6) is 0.608. The number of hydrogen-bond donors (Lipinski definition) is 2. The highest BCUT2D eigenvalue weighted by molar-refractivity contribution is 5.33. The summed E-state index contributed by atoms with van der Waals surface area (Å²) in [5, 5.41) is 3.18. The number of H-pyrrole nitrogens is 1. The van der Waals surface area contributed by atoms with Gasteiger partial charge in [0.2, 0.25) is 0 Å². The first kappa shape index (κ1) is 9.21. The molecule has 0 saturated carbocycles. The summed E-state index contributed by atoms with van der Waals surface area (Å²) < 4.78 is 5.39. The van der Waals surface area contributed by atoms with E-state index in [1.54, 1.807) is 0 Å². The summed E-state index contributed by atoms with van der Waals surface area (Å²) >= 11 is 0. The fraction of sp³-hybridized carbons (Fsp3) is 0.556. The molecule has 14 heavy (non-hydrogen) atoms. The Morgan fingerprint density at radius 1 is 1.71 bits per heavy atom. The molecule has 2 rings (SSSR count). The molecule has 2 unspecified atom stereocenters. The van der Waals surface area contributed by atoms with Gasteiger partial charge in [0.05, 0.1) is 18.5 Å². The second kappa shape index (κ2) is 3.79.